The zero-order valence-corrected chi connectivity index (χ0v) is 13.1. The fraction of sp³-hybridized carbons (Fsp3) is 0.714. The smallest absolute Gasteiger partial charge is 0.272 e. The van der Waals surface area contributed by atoms with E-state index >= 15 is 0 Å². The maximum absolute atomic E-state index is 12.2. The standard InChI is InChI=1S/C14H24N4OS/c1-3-11(10-20-2)16-14(19)13-6-8-18(17-13)12-5-4-7-15-9-12/h6,8,11-12,15H,3-5,7,9-10H2,1-2H3,(H,16,19). The van der Waals surface area contributed by atoms with Gasteiger partial charge in [0.1, 0.15) is 5.69 Å². The van der Waals surface area contributed by atoms with Crippen molar-refractivity contribution in [3.63, 3.8) is 0 Å². The van der Waals surface area contributed by atoms with Crippen LogP contribution in [0.15, 0.2) is 12.3 Å². The largest absolute Gasteiger partial charge is 0.347 e. The zero-order chi connectivity index (χ0) is 14.4. The molecule has 2 N–H and O–H groups in total. The Bertz CT molecular complexity index is 429. The third kappa shape index (κ3) is 3.99. The number of thioether (sulfide) groups is 1. The lowest BCUT2D eigenvalue weighted by Crippen LogP contribution is -2.36. The van der Waals surface area contributed by atoms with Crippen LogP contribution in [0.1, 0.15) is 42.7 Å². The van der Waals surface area contributed by atoms with Gasteiger partial charge in [-0.15, -0.1) is 0 Å². The molecule has 1 amide bonds. The number of carbonyl (C=O) groups is 1. The molecule has 1 fully saturated rings. The molecule has 0 spiro atoms. The molecule has 5 nitrogen and oxygen atoms in total. The van der Waals surface area contributed by atoms with E-state index in [1.807, 2.05) is 16.9 Å². The van der Waals surface area contributed by atoms with Crippen LogP contribution in [-0.4, -0.2) is 46.8 Å². The number of hydrogen-bond acceptors (Lipinski definition) is 4. The fourth-order valence-electron chi connectivity index (χ4n) is 2.44. The molecule has 0 radical (unpaired) electrons. The van der Waals surface area contributed by atoms with E-state index in [0.29, 0.717) is 11.7 Å². The van der Waals surface area contributed by atoms with Crippen molar-refractivity contribution >= 4 is 17.7 Å². The molecule has 1 aliphatic rings. The molecule has 1 aromatic heterocycles. The van der Waals surface area contributed by atoms with Crippen LogP contribution < -0.4 is 10.6 Å². The zero-order valence-electron chi connectivity index (χ0n) is 12.3. The van der Waals surface area contributed by atoms with Gasteiger partial charge in [0.15, 0.2) is 0 Å². The Morgan fingerprint density at radius 3 is 3.20 bits per heavy atom. The van der Waals surface area contributed by atoms with Crippen LogP contribution in [0.3, 0.4) is 0 Å². The van der Waals surface area contributed by atoms with E-state index in [9.17, 15) is 4.79 Å². The molecule has 1 saturated heterocycles. The Kier molecular flexibility index (Phi) is 5.91. The lowest BCUT2D eigenvalue weighted by molar-refractivity contribution is 0.0933. The first kappa shape index (κ1) is 15.4. The molecule has 112 valence electrons. The van der Waals surface area contributed by atoms with Crippen LogP contribution in [0.4, 0.5) is 0 Å². The molecular weight excluding hydrogens is 272 g/mol. The van der Waals surface area contributed by atoms with Gasteiger partial charge in [-0.1, -0.05) is 6.92 Å². The second-order valence-corrected chi connectivity index (χ2v) is 6.13. The van der Waals surface area contributed by atoms with E-state index in [-0.39, 0.29) is 11.9 Å². The molecule has 0 aliphatic carbocycles. The number of amides is 1. The third-order valence-electron chi connectivity index (χ3n) is 3.68. The predicted octanol–water partition coefficient (Wildman–Crippen LogP) is 1.68. The molecule has 2 heterocycles. The van der Waals surface area contributed by atoms with Gasteiger partial charge in [0.25, 0.3) is 5.91 Å². The molecule has 0 bridgehead atoms. The monoisotopic (exact) mass is 296 g/mol. The van der Waals surface area contributed by atoms with Gasteiger partial charge in [-0.05, 0) is 38.1 Å². The van der Waals surface area contributed by atoms with Crippen LogP contribution in [-0.2, 0) is 0 Å². The molecular formula is C14H24N4OS. The molecule has 6 heteroatoms. The molecule has 20 heavy (non-hydrogen) atoms. The number of rotatable bonds is 6. The summed E-state index contributed by atoms with van der Waals surface area (Å²) in [5.74, 6) is 0.878. The number of nitrogens with zero attached hydrogens (tertiary/aromatic N) is 2. The Hall–Kier alpha value is -1.01. The van der Waals surface area contributed by atoms with Crippen molar-refractivity contribution in [2.75, 3.05) is 25.1 Å². The summed E-state index contributed by atoms with van der Waals surface area (Å²) >= 11 is 1.75. The summed E-state index contributed by atoms with van der Waals surface area (Å²) in [6.07, 6.45) is 7.21. The van der Waals surface area contributed by atoms with Gasteiger partial charge in [0.05, 0.1) is 6.04 Å². The van der Waals surface area contributed by atoms with Crippen LogP contribution in [0, 0.1) is 0 Å². The summed E-state index contributed by atoms with van der Waals surface area (Å²) in [7, 11) is 0. The topological polar surface area (TPSA) is 59.0 Å². The Labute approximate surface area is 124 Å². The normalized spacial score (nSPS) is 20.6. The average Bonchev–Trinajstić information content (AvgIpc) is 2.97. The van der Waals surface area contributed by atoms with Crippen molar-refractivity contribution in [1.82, 2.24) is 20.4 Å². The van der Waals surface area contributed by atoms with Gasteiger partial charge in [-0.2, -0.15) is 16.9 Å². The summed E-state index contributed by atoms with van der Waals surface area (Å²) in [6.45, 7) is 4.11. The van der Waals surface area contributed by atoms with Crippen LogP contribution >= 0.6 is 11.8 Å². The predicted molar refractivity (Wildman–Crippen MR) is 83.3 cm³/mol. The highest BCUT2D eigenvalue weighted by Gasteiger charge is 2.18. The van der Waals surface area contributed by atoms with Gasteiger partial charge < -0.3 is 10.6 Å². The minimum absolute atomic E-state index is 0.0616. The van der Waals surface area contributed by atoms with Crippen molar-refractivity contribution in [1.29, 1.82) is 0 Å². The van der Waals surface area contributed by atoms with E-state index in [1.165, 1.54) is 0 Å². The fourth-order valence-corrected chi connectivity index (χ4v) is 3.17. The molecule has 0 aromatic carbocycles. The second kappa shape index (κ2) is 7.69. The molecule has 2 rings (SSSR count). The van der Waals surface area contributed by atoms with E-state index in [0.717, 1.165) is 38.1 Å². The summed E-state index contributed by atoms with van der Waals surface area (Å²) in [5, 5.41) is 10.9. The summed E-state index contributed by atoms with van der Waals surface area (Å²) < 4.78 is 1.93. The quantitative estimate of drug-likeness (QED) is 0.838. The number of carbonyl (C=O) groups excluding carboxylic acids is 1. The van der Waals surface area contributed by atoms with Crippen molar-refractivity contribution < 1.29 is 4.79 Å². The minimum Gasteiger partial charge on any atom is -0.347 e. The lowest BCUT2D eigenvalue weighted by Gasteiger charge is -2.23. The molecule has 2 atom stereocenters. The van der Waals surface area contributed by atoms with Crippen molar-refractivity contribution in [3.8, 4) is 0 Å². The molecule has 2 unspecified atom stereocenters. The van der Waals surface area contributed by atoms with Crippen LogP contribution in [0.5, 0.6) is 0 Å². The van der Waals surface area contributed by atoms with E-state index < -0.39 is 0 Å². The first-order chi connectivity index (χ1) is 9.74. The second-order valence-electron chi connectivity index (χ2n) is 5.22. The minimum atomic E-state index is -0.0616. The maximum Gasteiger partial charge on any atom is 0.272 e. The Balaban J connectivity index is 1.95. The number of aromatic nitrogens is 2. The Morgan fingerprint density at radius 1 is 1.70 bits per heavy atom. The van der Waals surface area contributed by atoms with Gasteiger partial charge in [-0.25, -0.2) is 0 Å². The van der Waals surface area contributed by atoms with Gasteiger partial charge in [0.2, 0.25) is 0 Å². The van der Waals surface area contributed by atoms with Crippen molar-refractivity contribution in [2.45, 2.75) is 38.3 Å². The van der Waals surface area contributed by atoms with Gasteiger partial charge in [-0.3, -0.25) is 9.48 Å². The first-order valence-electron chi connectivity index (χ1n) is 7.30. The molecule has 1 aromatic rings. The summed E-state index contributed by atoms with van der Waals surface area (Å²) in [6, 6.07) is 2.41. The van der Waals surface area contributed by atoms with Crippen LogP contribution in [0.25, 0.3) is 0 Å². The van der Waals surface area contributed by atoms with E-state index in [2.05, 4.69) is 28.9 Å². The SMILES string of the molecule is CCC(CSC)NC(=O)c1ccn(C2CCCNC2)n1. The van der Waals surface area contributed by atoms with Crippen molar-refractivity contribution in [2.24, 2.45) is 0 Å². The first-order valence-corrected chi connectivity index (χ1v) is 8.69. The summed E-state index contributed by atoms with van der Waals surface area (Å²) in [4.78, 5) is 12.2. The van der Waals surface area contributed by atoms with Gasteiger partial charge in [0, 0.05) is 24.5 Å². The highest BCUT2D eigenvalue weighted by molar-refractivity contribution is 7.98. The maximum atomic E-state index is 12.2. The number of hydrogen-bond donors (Lipinski definition) is 2. The van der Waals surface area contributed by atoms with Gasteiger partial charge >= 0.3 is 0 Å². The van der Waals surface area contributed by atoms with Crippen molar-refractivity contribution in [3.05, 3.63) is 18.0 Å². The summed E-state index contributed by atoms with van der Waals surface area (Å²) in [5.41, 5.74) is 0.523. The number of nitrogens with one attached hydrogen (secondary N) is 2. The Morgan fingerprint density at radius 2 is 2.55 bits per heavy atom. The van der Waals surface area contributed by atoms with E-state index in [1.54, 1.807) is 11.8 Å². The number of piperidine rings is 1. The lowest BCUT2D eigenvalue weighted by atomic mass is 10.1. The van der Waals surface area contributed by atoms with Crippen LogP contribution in [0.2, 0.25) is 0 Å². The van der Waals surface area contributed by atoms with E-state index in [4.69, 9.17) is 0 Å². The molecule has 0 saturated carbocycles. The molecule has 1 aliphatic heterocycles. The average molecular weight is 296 g/mol. The highest BCUT2D eigenvalue weighted by atomic mass is 32.2. The highest BCUT2D eigenvalue weighted by Crippen LogP contribution is 2.15. The third-order valence-corrected chi connectivity index (χ3v) is 4.42.